The molecule has 2 atom stereocenters. The Morgan fingerprint density at radius 1 is 0.653 bits per heavy atom. The molecule has 3 aliphatic heterocycles. The van der Waals surface area contributed by atoms with Crippen molar-refractivity contribution in [3.05, 3.63) is 195 Å². The zero-order chi connectivity index (χ0) is 50.1. The van der Waals surface area contributed by atoms with Gasteiger partial charge in [0.05, 0.1) is 30.9 Å². The van der Waals surface area contributed by atoms with Gasteiger partial charge in [-0.1, -0.05) is 47.5 Å². The van der Waals surface area contributed by atoms with Crippen LogP contribution in [0.2, 0.25) is 5.02 Å². The fourth-order valence-electron chi connectivity index (χ4n) is 11.2. The molecule has 0 saturated carbocycles. The van der Waals surface area contributed by atoms with Gasteiger partial charge in [0, 0.05) is 157 Å². The predicted octanol–water partition coefficient (Wildman–Crippen LogP) is 10.1. The lowest BCUT2D eigenvalue weighted by molar-refractivity contribution is 0.0384. The summed E-state index contributed by atoms with van der Waals surface area (Å²) >= 11 is 6.23. The molecule has 0 aliphatic carbocycles. The first-order chi connectivity index (χ1) is 34.8. The average Bonchev–Trinajstić information content (AvgIpc) is 3.97. The molecule has 6 aromatic heterocycles. The maximum absolute atomic E-state index is 13.3. The number of nitrogens with zero attached hydrogens (tertiary/aromatic N) is 9. The Balaban J connectivity index is 0.000000125. The van der Waals surface area contributed by atoms with E-state index in [2.05, 4.69) is 114 Å². The van der Waals surface area contributed by atoms with Crippen LogP contribution in [0.15, 0.2) is 128 Å². The topological polar surface area (TPSA) is 104 Å². The molecule has 3 aromatic carbocycles. The molecule has 12 rings (SSSR count). The van der Waals surface area contributed by atoms with Crippen molar-refractivity contribution in [1.29, 1.82) is 0 Å². The minimum absolute atomic E-state index is 0.285. The van der Waals surface area contributed by atoms with E-state index in [-0.39, 0.29) is 5.82 Å². The number of likely N-dealkylation sites (N-methyl/N-ethyl adjacent to an activating group) is 3. The van der Waals surface area contributed by atoms with Gasteiger partial charge in [-0.2, -0.15) is 0 Å². The second kappa shape index (κ2) is 21.1. The molecule has 0 amide bonds. The molecule has 9 heterocycles. The van der Waals surface area contributed by atoms with Gasteiger partial charge < -0.3 is 38.6 Å². The van der Waals surface area contributed by atoms with Crippen LogP contribution in [0, 0.1) is 12.7 Å². The van der Waals surface area contributed by atoms with Gasteiger partial charge in [-0.3, -0.25) is 15.0 Å². The van der Waals surface area contributed by atoms with Crippen molar-refractivity contribution >= 4 is 44.3 Å². The molecule has 0 saturated heterocycles. The molecule has 0 fully saturated rings. The number of rotatable bonds is 9. The van der Waals surface area contributed by atoms with Crippen molar-refractivity contribution in [2.24, 2.45) is 0 Å². The lowest BCUT2D eigenvalue weighted by Gasteiger charge is -2.29. The van der Waals surface area contributed by atoms with E-state index in [0.717, 1.165) is 98.9 Å². The molecule has 0 radical (unpaired) electrons. The number of benzene rings is 3. The maximum atomic E-state index is 13.3. The van der Waals surface area contributed by atoms with E-state index in [1.165, 1.54) is 78.7 Å². The number of fused-ring (bicyclic) bond motifs is 9. The second-order valence-electron chi connectivity index (χ2n) is 20.3. The van der Waals surface area contributed by atoms with Crippen molar-refractivity contribution in [2.45, 2.75) is 90.5 Å². The molecule has 2 unspecified atom stereocenters. The number of aryl methyl sites for hydroxylation is 3. The number of pyridine rings is 3. The van der Waals surface area contributed by atoms with E-state index in [0.29, 0.717) is 13.1 Å². The first-order valence-electron chi connectivity index (χ1n) is 25.2. The molecular weight excluding hydrogens is 921 g/mol. The standard InChI is InChI=1S/C22H25FN2O.C19H20ClN3O.C18H20N4/c1-15-4-9-20-18(12-15)19-13-24(3)11-10-21(19)25(20)14-22(2,26)16-5-7-17(23)8-6-16;1-22-8-6-18-16(11-22)15-9-14(20)4-5-17(15)23(18)12-19(24)13-3-2-7-21-10-13;1-21-10-7-17-16(13-21)15-5-9-19-12-18(15)22(17)11-6-14-4-2-3-8-20-14/h4-9,12,26H,10-11,13-14H2,1-3H3;2-5,7,9-10,19,24H,6,8,11-12H2,1H3;2-5,8-9,12H,6-7,10-11,13H2,1H3. The molecule has 9 aromatic rings. The molecule has 13 heteroatoms. The molecule has 72 heavy (non-hydrogen) atoms. The Hall–Kier alpha value is -6.25. The second-order valence-corrected chi connectivity index (χ2v) is 20.8. The van der Waals surface area contributed by atoms with Crippen LogP contribution in [-0.2, 0) is 70.6 Å². The number of aliphatic hydroxyl groups is 2. The molecule has 0 spiro atoms. The maximum Gasteiger partial charge on any atom is 0.123 e. The molecule has 0 bridgehead atoms. The van der Waals surface area contributed by atoms with Gasteiger partial charge >= 0.3 is 0 Å². The minimum atomic E-state index is -1.07. The minimum Gasteiger partial charge on any atom is -0.386 e. The summed E-state index contributed by atoms with van der Waals surface area (Å²) in [6, 6.07) is 30.8. The smallest absolute Gasteiger partial charge is 0.123 e. The largest absolute Gasteiger partial charge is 0.386 e. The van der Waals surface area contributed by atoms with Crippen molar-refractivity contribution in [3.63, 3.8) is 0 Å². The van der Waals surface area contributed by atoms with E-state index in [9.17, 15) is 14.6 Å². The molecule has 372 valence electrons. The van der Waals surface area contributed by atoms with Crippen LogP contribution in [0.25, 0.3) is 32.7 Å². The third kappa shape index (κ3) is 10.3. The average molecular weight is 987 g/mol. The fraction of sp³-hybridized carbons (Fsp3) is 0.339. The van der Waals surface area contributed by atoms with Crippen LogP contribution >= 0.6 is 11.6 Å². The summed E-state index contributed by atoms with van der Waals surface area (Å²) < 4.78 is 20.2. The first kappa shape index (κ1) is 49.3. The third-order valence-electron chi connectivity index (χ3n) is 14.9. The van der Waals surface area contributed by atoms with Crippen molar-refractivity contribution < 1.29 is 14.6 Å². The normalized spacial score (nSPS) is 16.3. The van der Waals surface area contributed by atoms with Gasteiger partial charge in [-0.05, 0) is 124 Å². The highest BCUT2D eigenvalue weighted by atomic mass is 35.5. The molecule has 2 N–H and O–H groups in total. The van der Waals surface area contributed by atoms with Crippen molar-refractivity contribution in [1.82, 2.24) is 43.4 Å². The number of aromatic nitrogens is 6. The van der Waals surface area contributed by atoms with Gasteiger partial charge in [0.25, 0.3) is 0 Å². The van der Waals surface area contributed by atoms with Crippen LogP contribution in [-0.4, -0.2) is 94.3 Å². The van der Waals surface area contributed by atoms with E-state index in [4.69, 9.17) is 11.6 Å². The van der Waals surface area contributed by atoms with E-state index in [1.807, 2.05) is 55.8 Å². The summed E-state index contributed by atoms with van der Waals surface area (Å²) in [5.74, 6) is -0.285. The fourth-order valence-corrected chi connectivity index (χ4v) is 11.3. The van der Waals surface area contributed by atoms with Gasteiger partial charge in [0.2, 0.25) is 0 Å². The van der Waals surface area contributed by atoms with Crippen LogP contribution in [0.5, 0.6) is 0 Å². The molecule has 3 aliphatic rings. The highest BCUT2D eigenvalue weighted by Crippen LogP contribution is 2.36. The van der Waals surface area contributed by atoms with E-state index in [1.54, 1.807) is 24.5 Å². The highest BCUT2D eigenvalue weighted by molar-refractivity contribution is 6.31. The first-order valence-corrected chi connectivity index (χ1v) is 25.5. The summed E-state index contributed by atoms with van der Waals surface area (Å²) in [6.45, 7) is 11.9. The zero-order valence-electron chi connectivity index (χ0n) is 42.1. The molecule has 11 nitrogen and oxygen atoms in total. The van der Waals surface area contributed by atoms with E-state index < -0.39 is 11.7 Å². The Morgan fingerprint density at radius 2 is 1.28 bits per heavy atom. The highest BCUT2D eigenvalue weighted by Gasteiger charge is 2.30. The Morgan fingerprint density at radius 3 is 1.94 bits per heavy atom. The van der Waals surface area contributed by atoms with Gasteiger partial charge in [0.15, 0.2) is 0 Å². The van der Waals surface area contributed by atoms with E-state index >= 15 is 0 Å². The number of aliphatic hydroxyl groups excluding tert-OH is 1. The summed E-state index contributed by atoms with van der Waals surface area (Å²) in [5.41, 5.74) is 14.8. The number of hydrogen-bond acceptors (Lipinski definition) is 8. The Bertz CT molecular complexity index is 3330. The summed E-state index contributed by atoms with van der Waals surface area (Å²) in [5, 5.41) is 26.4. The number of halogens is 2. The zero-order valence-corrected chi connectivity index (χ0v) is 42.8. The Kier molecular flexibility index (Phi) is 14.4. The van der Waals surface area contributed by atoms with Gasteiger partial charge in [-0.25, -0.2) is 4.39 Å². The third-order valence-corrected chi connectivity index (χ3v) is 15.2. The SMILES string of the molecule is CN1CCc2c(c3cc(Cl)ccc3n2CC(O)c2cccnc2)C1.CN1CCc2c(c3ccncc3n2CCc2ccccn2)C1.Cc1ccc2c(c1)c1c(n2CC(C)(O)c2ccc(F)cc2)CCN(C)C1. The summed E-state index contributed by atoms with van der Waals surface area (Å²) in [6.07, 6.45) is 12.7. The summed E-state index contributed by atoms with van der Waals surface area (Å²) in [7, 11) is 6.49. The lowest BCUT2D eigenvalue weighted by Crippen LogP contribution is -2.31. The lowest BCUT2D eigenvalue weighted by atomic mass is 9.95. The molecular formula is C59H65ClFN9O2. The predicted molar refractivity (Wildman–Crippen MR) is 287 cm³/mol. The quantitative estimate of drug-likeness (QED) is 0.147. The Labute approximate surface area is 426 Å². The van der Waals surface area contributed by atoms with Gasteiger partial charge in [-0.15, -0.1) is 0 Å². The van der Waals surface area contributed by atoms with Crippen molar-refractivity contribution in [2.75, 3.05) is 40.8 Å². The summed E-state index contributed by atoms with van der Waals surface area (Å²) in [4.78, 5) is 20.0. The van der Waals surface area contributed by atoms with Crippen LogP contribution in [0.4, 0.5) is 4.39 Å². The monoisotopic (exact) mass is 985 g/mol. The van der Waals surface area contributed by atoms with Crippen LogP contribution in [0.3, 0.4) is 0 Å². The van der Waals surface area contributed by atoms with Crippen LogP contribution in [0.1, 0.15) is 69.2 Å². The van der Waals surface area contributed by atoms with Gasteiger partial charge in [0.1, 0.15) is 11.4 Å². The van der Waals surface area contributed by atoms with Crippen LogP contribution < -0.4 is 0 Å². The van der Waals surface area contributed by atoms with Crippen molar-refractivity contribution in [3.8, 4) is 0 Å². The number of hydrogen-bond donors (Lipinski definition) is 2.